The van der Waals surface area contributed by atoms with Gasteiger partial charge in [0.25, 0.3) is 0 Å². The van der Waals surface area contributed by atoms with Gasteiger partial charge in [-0.15, -0.1) is 0 Å². The molecule has 3 rings (SSSR count). The Bertz CT molecular complexity index is 539. The summed E-state index contributed by atoms with van der Waals surface area (Å²) in [5.41, 5.74) is 6.28. The fourth-order valence-corrected chi connectivity index (χ4v) is 2.55. The van der Waals surface area contributed by atoms with Crippen molar-refractivity contribution in [3.63, 3.8) is 0 Å². The zero-order valence-electron chi connectivity index (χ0n) is 12.4. The second kappa shape index (κ2) is 3.96. The van der Waals surface area contributed by atoms with Crippen LogP contribution in [0.4, 0.5) is 5.69 Å². The van der Waals surface area contributed by atoms with E-state index in [2.05, 4.69) is 4.98 Å². The number of nitrogens with zero attached hydrogens (tertiary/aromatic N) is 1. The average Bonchev–Trinajstić information content (AvgIpc) is 3.00. The molecule has 0 atom stereocenters. The number of nitrogens with two attached hydrogens (primary N) is 1. The zero-order chi connectivity index (χ0) is 14.8. The summed E-state index contributed by atoms with van der Waals surface area (Å²) in [5, 5.41) is 10.5. The van der Waals surface area contributed by atoms with Crippen molar-refractivity contribution in [3.05, 3.63) is 18.0 Å². The van der Waals surface area contributed by atoms with Crippen LogP contribution >= 0.6 is 0 Å². The summed E-state index contributed by atoms with van der Waals surface area (Å²) in [7, 11) is -0.546. The molecule has 20 heavy (non-hydrogen) atoms. The Balaban J connectivity index is 2.03. The number of hydrogen-bond donors (Lipinski definition) is 2. The van der Waals surface area contributed by atoms with Crippen molar-refractivity contribution in [2.45, 2.75) is 57.3 Å². The zero-order valence-corrected chi connectivity index (χ0v) is 12.4. The molecule has 108 valence electrons. The van der Waals surface area contributed by atoms with E-state index in [1.807, 2.05) is 27.7 Å². The lowest BCUT2D eigenvalue weighted by Crippen LogP contribution is -2.41. The van der Waals surface area contributed by atoms with Crippen LogP contribution in [0.1, 0.15) is 46.1 Å². The molecular weight excluding hydrogens is 255 g/mol. The molecule has 0 aromatic carbocycles. The number of pyridine rings is 1. The first-order chi connectivity index (χ1) is 9.16. The molecule has 1 aliphatic heterocycles. The molecule has 1 aliphatic carbocycles. The fourth-order valence-electron chi connectivity index (χ4n) is 2.55. The maximum atomic E-state index is 10.5. The van der Waals surface area contributed by atoms with Crippen LogP contribution < -0.4 is 11.2 Å². The third-order valence-electron chi connectivity index (χ3n) is 4.70. The van der Waals surface area contributed by atoms with Crippen molar-refractivity contribution < 1.29 is 14.4 Å². The highest BCUT2D eigenvalue weighted by Gasteiger charge is 2.55. The van der Waals surface area contributed by atoms with E-state index in [9.17, 15) is 5.11 Å². The normalized spacial score (nSPS) is 25.8. The van der Waals surface area contributed by atoms with Gasteiger partial charge in [0.15, 0.2) is 0 Å². The molecule has 1 aromatic rings. The highest BCUT2D eigenvalue weighted by atomic mass is 16.7. The minimum absolute atomic E-state index is 0.425. The molecule has 1 saturated carbocycles. The van der Waals surface area contributed by atoms with Crippen LogP contribution in [0.2, 0.25) is 0 Å². The highest BCUT2D eigenvalue weighted by molar-refractivity contribution is 6.62. The summed E-state index contributed by atoms with van der Waals surface area (Å²) >= 11 is 0. The van der Waals surface area contributed by atoms with Gasteiger partial charge < -0.3 is 20.1 Å². The Hall–Kier alpha value is -1.11. The molecule has 0 bridgehead atoms. The first-order valence-electron chi connectivity index (χ1n) is 6.98. The second-order valence-electron chi connectivity index (χ2n) is 6.81. The summed E-state index contributed by atoms with van der Waals surface area (Å²) in [6, 6.07) is 0. The first-order valence-corrected chi connectivity index (χ1v) is 6.98. The van der Waals surface area contributed by atoms with Crippen molar-refractivity contribution in [3.8, 4) is 0 Å². The van der Waals surface area contributed by atoms with Crippen LogP contribution in [-0.2, 0) is 14.9 Å². The highest BCUT2D eigenvalue weighted by Crippen LogP contribution is 2.47. The molecule has 0 spiro atoms. The number of nitrogen functional groups attached to an aromatic ring is 1. The number of rotatable bonds is 2. The topological polar surface area (TPSA) is 77.6 Å². The van der Waals surface area contributed by atoms with Crippen molar-refractivity contribution >= 4 is 18.3 Å². The molecule has 0 amide bonds. The van der Waals surface area contributed by atoms with Crippen LogP contribution in [0.3, 0.4) is 0 Å². The van der Waals surface area contributed by atoms with Crippen LogP contribution in [0.25, 0.3) is 0 Å². The SMILES string of the molecule is CC1(C)OB(c2cncc(N)c2C2(O)CC2)OC1(C)C. The number of anilines is 1. The van der Waals surface area contributed by atoms with Gasteiger partial charge in [-0.1, -0.05) is 0 Å². The molecule has 2 heterocycles. The summed E-state index contributed by atoms with van der Waals surface area (Å²) in [6.45, 7) is 7.99. The van der Waals surface area contributed by atoms with Crippen molar-refractivity contribution in [2.75, 3.05) is 5.73 Å². The molecule has 6 heteroatoms. The quantitative estimate of drug-likeness (QED) is 0.786. The molecule has 5 nitrogen and oxygen atoms in total. The Labute approximate surface area is 119 Å². The fraction of sp³-hybridized carbons (Fsp3) is 0.643. The minimum Gasteiger partial charge on any atom is -0.399 e. The lowest BCUT2D eigenvalue weighted by Gasteiger charge is -2.32. The maximum Gasteiger partial charge on any atom is 0.496 e. The Morgan fingerprint density at radius 3 is 2.20 bits per heavy atom. The summed E-state index contributed by atoms with van der Waals surface area (Å²) in [4.78, 5) is 4.13. The van der Waals surface area contributed by atoms with Crippen LogP contribution in [-0.4, -0.2) is 28.4 Å². The van der Waals surface area contributed by atoms with E-state index < -0.39 is 23.9 Å². The monoisotopic (exact) mass is 276 g/mol. The van der Waals surface area contributed by atoms with Gasteiger partial charge in [-0.3, -0.25) is 4.98 Å². The van der Waals surface area contributed by atoms with Gasteiger partial charge in [-0.05, 0) is 40.5 Å². The number of aliphatic hydroxyl groups is 1. The van der Waals surface area contributed by atoms with Gasteiger partial charge in [0.1, 0.15) is 0 Å². The summed E-state index contributed by atoms with van der Waals surface area (Å²) in [6.07, 6.45) is 4.69. The van der Waals surface area contributed by atoms with E-state index in [1.54, 1.807) is 12.4 Å². The van der Waals surface area contributed by atoms with Crippen molar-refractivity contribution in [1.29, 1.82) is 0 Å². The smallest absolute Gasteiger partial charge is 0.399 e. The lowest BCUT2D eigenvalue weighted by atomic mass is 9.75. The van der Waals surface area contributed by atoms with E-state index in [1.165, 1.54) is 0 Å². The Morgan fingerprint density at radius 1 is 1.15 bits per heavy atom. The molecule has 1 saturated heterocycles. The molecule has 0 radical (unpaired) electrons. The average molecular weight is 276 g/mol. The van der Waals surface area contributed by atoms with Gasteiger partial charge in [0, 0.05) is 17.2 Å². The molecule has 2 aliphatic rings. The lowest BCUT2D eigenvalue weighted by molar-refractivity contribution is 0.00578. The van der Waals surface area contributed by atoms with Crippen LogP contribution in [0.15, 0.2) is 12.4 Å². The first kappa shape index (κ1) is 13.9. The summed E-state index contributed by atoms with van der Waals surface area (Å²) < 4.78 is 12.1. The molecule has 0 unspecified atom stereocenters. The van der Waals surface area contributed by atoms with Gasteiger partial charge in [-0.25, -0.2) is 0 Å². The molecular formula is C14H21BN2O3. The third kappa shape index (κ3) is 1.94. The van der Waals surface area contributed by atoms with E-state index in [0.29, 0.717) is 24.1 Å². The van der Waals surface area contributed by atoms with Crippen molar-refractivity contribution in [1.82, 2.24) is 4.98 Å². The van der Waals surface area contributed by atoms with E-state index in [4.69, 9.17) is 15.0 Å². The van der Waals surface area contributed by atoms with Gasteiger partial charge >= 0.3 is 7.12 Å². The predicted octanol–water partition coefficient (Wildman–Crippen LogP) is 0.944. The molecule has 2 fully saturated rings. The maximum absolute atomic E-state index is 10.5. The summed E-state index contributed by atoms with van der Waals surface area (Å²) in [5.74, 6) is 0. The Kier molecular flexibility index (Phi) is 2.75. The van der Waals surface area contributed by atoms with Crippen molar-refractivity contribution in [2.24, 2.45) is 0 Å². The Morgan fingerprint density at radius 2 is 1.70 bits per heavy atom. The van der Waals surface area contributed by atoms with E-state index in [-0.39, 0.29) is 0 Å². The van der Waals surface area contributed by atoms with E-state index >= 15 is 0 Å². The largest absolute Gasteiger partial charge is 0.496 e. The van der Waals surface area contributed by atoms with Crippen LogP contribution in [0.5, 0.6) is 0 Å². The van der Waals surface area contributed by atoms with Gasteiger partial charge in [0.05, 0.1) is 28.7 Å². The number of aromatic nitrogens is 1. The minimum atomic E-state index is -0.841. The third-order valence-corrected chi connectivity index (χ3v) is 4.70. The van der Waals surface area contributed by atoms with Gasteiger partial charge in [-0.2, -0.15) is 0 Å². The van der Waals surface area contributed by atoms with Crippen LogP contribution in [0, 0.1) is 0 Å². The van der Waals surface area contributed by atoms with E-state index in [0.717, 1.165) is 5.46 Å². The number of hydrogen-bond acceptors (Lipinski definition) is 5. The molecule has 1 aromatic heterocycles. The predicted molar refractivity (Wildman–Crippen MR) is 77.5 cm³/mol. The van der Waals surface area contributed by atoms with Gasteiger partial charge in [0.2, 0.25) is 0 Å². The standard InChI is InChI=1S/C14H21BN2O3/c1-12(2)13(3,4)20-15(19-12)9-7-17-8-10(16)11(9)14(18)5-6-14/h7-8,18H,5-6,16H2,1-4H3. The molecule has 3 N–H and O–H groups in total. The second-order valence-corrected chi connectivity index (χ2v) is 6.81.